The first-order chi connectivity index (χ1) is 10.1. The van der Waals surface area contributed by atoms with E-state index in [1.54, 1.807) is 0 Å². The van der Waals surface area contributed by atoms with Crippen molar-refractivity contribution >= 4 is 34.8 Å². The Morgan fingerprint density at radius 2 is 1.45 bits per heavy atom. The molecule has 0 aliphatic carbocycles. The highest BCUT2D eigenvalue weighted by atomic mass is 35.5. The molecule has 0 amide bonds. The zero-order chi connectivity index (χ0) is 18.1. The number of carbonyl (C=O) groups excluding carboxylic acids is 4. The number of hydrogen-bond donors (Lipinski definition) is 0. The molecule has 1 rings (SSSR count). The minimum absolute atomic E-state index is 0.394. The second-order valence-electron chi connectivity index (χ2n) is 3.52. The van der Waals surface area contributed by atoms with E-state index in [1.807, 2.05) is 13.8 Å². The fourth-order valence-electron chi connectivity index (χ4n) is 0.387. The average Bonchev–Trinajstić information content (AvgIpc) is 2.82. The molecule has 122 valence electrons. The Balaban J connectivity index is -0.000000224. The van der Waals surface area contributed by atoms with Crippen molar-refractivity contribution in [2.75, 3.05) is 7.11 Å². The van der Waals surface area contributed by atoms with Crippen LogP contribution in [0.5, 0.6) is 0 Å². The average molecular weight is 331 g/mol. The number of methoxy groups -OCH3 is 1. The summed E-state index contributed by atoms with van der Waals surface area (Å²) in [4.78, 5) is 39.1. The van der Waals surface area contributed by atoms with Gasteiger partial charge in [0.15, 0.2) is 0 Å². The minimum Gasteiger partial charge on any atom is -0.466 e. The maximum absolute atomic E-state index is 9.92. The van der Waals surface area contributed by atoms with E-state index in [9.17, 15) is 19.2 Å². The van der Waals surface area contributed by atoms with Crippen LogP contribution in [0.15, 0.2) is 49.6 Å². The molecule has 0 aromatic rings. The van der Waals surface area contributed by atoms with Gasteiger partial charge in [-0.25, -0.2) is 14.4 Å². The summed E-state index contributed by atoms with van der Waals surface area (Å²) in [7, 11) is 1.31. The molecule has 1 heterocycles. The van der Waals surface area contributed by atoms with Gasteiger partial charge in [-0.3, -0.25) is 4.79 Å². The van der Waals surface area contributed by atoms with Gasteiger partial charge in [0, 0.05) is 18.2 Å². The third kappa shape index (κ3) is 30.5. The van der Waals surface area contributed by atoms with Crippen LogP contribution in [0.1, 0.15) is 13.8 Å². The standard InChI is InChI=1S/C4H2O3.C4H6O2.C4H8.C3H3ClO/c5-3-1-2-4(6)7-3;1-3-4(5)6-2;1-4(2)3;1-2-3(4)5/h1-2H;3H,1H2,2H3;1H2,2-3H3;2H,1H2. The zero-order valence-corrected chi connectivity index (χ0v) is 13.5. The number of rotatable bonds is 2. The van der Waals surface area contributed by atoms with Crippen molar-refractivity contribution in [3.05, 3.63) is 49.6 Å². The van der Waals surface area contributed by atoms with Crippen LogP contribution in [-0.2, 0) is 28.7 Å². The molecule has 0 saturated heterocycles. The fraction of sp³-hybridized carbons (Fsp3) is 0.200. The van der Waals surface area contributed by atoms with Gasteiger partial charge in [-0.1, -0.05) is 18.7 Å². The van der Waals surface area contributed by atoms with E-state index in [1.165, 1.54) is 12.7 Å². The summed E-state index contributed by atoms with van der Waals surface area (Å²) in [5.41, 5.74) is 1.17. The predicted octanol–water partition coefficient (Wildman–Crippen LogP) is 2.49. The van der Waals surface area contributed by atoms with Crippen LogP contribution in [0.2, 0.25) is 0 Å². The summed E-state index contributed by atoms with van der Waals surface area (Å²) in [6, 6.07) is 0. The van der Waals surface area contributed by atoms with Crippen LogP contribution in [0.3, 0.4) is 0 Å². The van der Waals surface area contributed by atoms with Gasteiger partial charge in [-0.15, -0.1) is 6.58 Å². The molecular formula is C15H19ClO6. The molecule has 7 heteroatoms. The summed E-state index contributed by atoms with van der Waals surface area (Å²) in [5.74, 6) is -1.55. The summed E-state index contributed by atoms with van der Waals surface area (Å²) < 4.78 is 8.11. The van der Waals surface area contributed by atoms with Crippen LogP contribution in [0, 0.1) is 0 Å². The van der Waals surface area contributed by atoms with Crippen LogP contribution < -0.4 is 0 Å². The van der Waals surface area contributed by atoms with E-state index in [4.69, 9.17) is 11.6 Å². The van der Waals surface area contributed by atoms with Crippen LogP contribution in [-0.4, -0.2) is 30.3 Å². The summed E-state index contributed by atoms with van der Waals surface area (Å²) >= 11 is 4.71. The van der Waals surface area contributed by atoms with Crippen LogP contribution in [0.25, 0.3) is 0 Å². The van der Waals surface area contributed by atoms with Gasteiger partial charge >= 0.3 is 17.9 Å². The molecule has 1 aliphatic rings. The molecule has 1 aliphatic heterocycles. The van der Waals surface area contributed by atoms with E-state index < -0.39 is 23.2 Å². The van der Waals surface area contributed by atoms with Gasteiger partial charge in [-0.2, -0.15) is 0 Å². The van der Waals surface area contributed by atoms with Crippen molar-refractivity contribution in [1.82, 2.24) is 0 Å². The summed E-state index contributed by atoms with van der Waals surface area (Å²) in [5, 5.41) is -0.509. The number of esters is 3. The molecule has 0 aromatic heterocycles. The molecule has 0 atom stereocenters. The van der Waals surface area contributed by atoms with Crippen molar-refractivity contribution < 1.29 is 28.7 Å². The van der Waals surface area contributed by atoms with Crippen molar-refractivity contribution in [2.45, 2.75) is 13.8 Å². The number of allylic oxidation sites excluding steroid dienone is 2. The molecule has 0 fully saturated rings. The lowest BCUT2D eigenvalue weighted by atomic mass is 10.4. The van der Waals surface area contributed by atoms with Gasteiger partial charge in [0.1, 0.15) is 0 Å². The van der Waals surface area contributed by atoms with E-state index in [0.717, 1.165) is 24.3 Å². The molecular weight excluding hydrogens is 312 g/mol. The molecule has 0 unspecified atom stereocenters. The second kappa shape index (κ2) is 16.6. The second-order valence-corrected chi connectivity index (χ2v) is 3.89. The lowest BCUT2D eigenvalue weighted by Crippen LogP contribution is -1.96. The van der Waals surface area contributed by atoms with Crippen molar-refractivity contribution in [1.29, 1.82) is 0 Å². The van der Waals surface area contributed by atoms with Crippen LogP contribution >= 0.6 is 11.6 Å². The maximum Gasteiger partial charge on any atom is 0.338 e. The predicted molar refractivity (Wildman–Crippen MR) is 84.0 cm³/mol. The highest BCUT2D eigenvalue weighted by molar-refractivity contribution is 6.66. The van der Waals surface area contributed by atoms with Gasteiger partial charge in [0.2, 0.25) is 5.24 Å². The van der Waals surface area contributed by atoms with E-state index in [-0.39, 0.29) is 0 Å². The lowest BCUT2D eigenvalue weighted by molar-refractivity contribution is -0.150. The van der Waals surface area contributed by atoms with Crippen molar-refractivity contribution in [3.8, 4) is 0 Å². The monoisotopic (exact) mass is 330 g/mol. The molecule has 0 bridgehead atoms. The first kappa shape index (κ1) is 24.5. The Morgan fingerprint density at radius 1 is 1.14 bits per heavy atom. The smallest absolute Gasteiger partial charge is 0.338 e. The zero-order valence-electron chi connectivity index (χ0n) is 12.8. The van der Waals surface area contributed by atoms with Gasteiger partial charge in [0.25, 0.3) is 0 Å². The first-order valence-electron chi connectivity index (χ1n) is 5.68. The topological polar surface area (TPSA) is 86.7 Å². The molecule has 0 N–H and O–H groups in total. The third-order valence-corrected chi connectivity index (χ3v) is 1.24. The molecule has 0 aromatic carbocycles. The number of halogens is 1. The van der Waals surface area contributed by atoms with E-state index in [0.29, 0.717) is 0 Å². The van der Waals surface area contributed by atoms with Gasteiger partial charge < -0.3 is 9.47 Å². The number of hydrogen-bond acceptors (Lipinski definition) is 6. The summed E-state index contributed by atoms with van der Waals surface area (Å²) in [6.45, 7) is 13.7. The highest BCUT2D eigenvalue weighted by Gasteiger charge is 2.10. The minimum atomic E-state index is -0.579. The Labute approximate surface area is 134 Å². The molecule has 6 nitrogen and oxygen atoms in total. The molecule has 0 radical (unpaired) electrons. The number of ether oxygens (including phenoxy) is 2. The normalized spacial score (nSPS) is 10.2. The SMILES string of the molecule is C=C(C)C.C=CC(=O)Cl.C=CC(=O)OC.O=C1C=CC(=O)O1. The Morgan fingerprint density at radius 3 is 1.50 bits per heavy atom. The Bertz CT molecular complexity index is 443. The number of cyclic esters (lactones) is 2. The summed E-state index contributed by atoms with van der Waals surface area (Å²) in [6.07, 6.45) is 4.33. The van der Waals surface area contributed by atoms with Crippen molar-refractivity contribution in [3.63, 3.8) is 0 Å². The van der Waals surface area contributed by atoms with E-state index >= 15 is 0 Å². The Hall–Kier alpha value is -2.47. The first-order valence-corrected chi connectivity index (χ1v) is 6.06. The van der Waals surface area contributed by atoms with Crippen LogP contribution in [0.4, 0.5) is 0 Å². The van der Waals surface area contributed by atoms with Gasteiger partial charge in [-0.05, 0) is 31.5 Å². The molecule has 0 spiro atoms. The fourth-order valence-corrected chi connectivity index (χ4v) is 0.387. The molecule has 22 heavy (non-hydrogen) atoms. The highest BCUT2D eigenvalue weighted by Crippen LogP contribution is 1.92. The van der Waals surface area contributed by atoms with Crippen molar-refractivity contribution in [2.24, 2.45) is 0 Å². The lowest BCUT2D eigenvalue weighted by Gasteiger charge is -1.83. The quantitative estimate of drug-likeness (QED) is 0.254. The Kier molecular flexibility index (Phi) is 18.5. The van der Waals surface area contributed by atoms with E-state index in [2.05, 4.69) is 29.2 Å². The maximum atomic E-state index is 9.92. The third-order valence-electron chi connectivity index (χ3n) is 1.09. The number of carbonyl (C=O) groups is 4. The largest absolute Gasteiger partial charge is 0.466 e. The molecule has 0 saturated carbocycles. The van der Waals surface area contributed by atoms with Gasteiger partial charge in [0.05, 0.1) is 7.11 Å².